The molecule has 1 aliphatic rings. The van der Waals surface area contributed by atoms with Crippen molar-refractivity contribution in [3.8, 4) is 5.75 Å². The van der Waals surface area contributed by atoms with Gasteiger partial charge in [-0.05, 0) is 82.3 Å². The third kappa shape index (κ3) is 10.9. The fourth-order valence-electron chi connectivity index (χ4n) is 4.34. The SMILES string of the molecule is C/C=C(\NC)c1ccc(CC(C)C2CCCN2C)cc1.CC=O.CCCOc1cccc(C=O)c1. The van der Waals surface area contributed by atoms with Gasteiger partial charge >= 0.3 is 0 Å². The van der Waals surface area contributed by atoms with Crippen LogP contribution in [0.25, 0.3) is 5.70 Å². The second-order valence-electron chi connectivity index (χ2n) is 8.80. The van der Waals surface area contributed by atoms with Crippen molar-refractivity contribution in [3.05, 3.63) is 71.3 Å². The van der Waals surface area contributed by atoms with Gasteiger partial charge in [0.2, 0.25) is 0 Å². The van der Waals surface area contributed by atoms with Crippen LogP contribution in [0.3, 0.4) is 0 Å². The minimum atomic E-state index is 0.656. The molecule has 1 N–H and O–H groups in total. The summed E-state index contributed by atoms with van der Waals surface area (Å²) in [6.45, 7) is 9.91. The first kappa shape index (κ1) is 30.1. The maximum atomic E-state index is 10.4. The van der Waals surface area contributed by atoms with E-state index in [0.717, 1.165) is 36.7 Å². The highest BCUT2D eigenvalue weighted by molar-refractivity contribution is 5.75. The van der Waals surface area contributed by atoms with Gasteiger partial charge in [0.05, 0.1) is 6.61 Å². The van der Waals surface area contributed by atoms with Gasteiger partial charge in [0.1, 0.15) is 18.3 Å². The largest absolute Gasteiger partial charge is 0.494 e. The van der Waals surface area contributed by atoms with Crippen LogP contribution in [-0.4, -0.2) is 50.8 Å². The average Bonchev–Trinajstić information content (AvgIpc) is 3.31. The molecule has 1 aliphatic heterocycles. The van der Waals surface area contributed by atoms with Gasteiger partial charge in [-0.1, -0.05) is 56.3 Å². The molecule has 1 saturated heterocycles. The second-order valence-corrected chi connectivity index (χ2v) is 8.80. The molecule has 3 rings (SSSR count). The Morgan fingerprint density at radius 1 is 1.17 bits per heavy atom. The van der Waals surface area contributed by atoms with Crippen LogP contribution in [0.2, 0.25) is 0 Å². The monoisotopic (exact) mass is 480 g/mol. The quantitative estimate of drug-likeness (QED) is 0.444. The van der Waals surface area contributed by atoms with Crippen molar-refractivity contribution in [2.75, 3.05) is 27.2 Å². The molecule has 0 amide bonds. The zero-order valence-corrected chi connectivity index (χ0v) is 22.4. The molecule has 2 unspecified atom stereocenters. The van der Waals surface area contributed by atoms with Crippen molar-refractivity contribution < 1.29 is 14.3 Å². The number of carbonyl (C=O) groups excluding carboxylic acids is 2. The van der Waals surface area contributed by atoms with Crippen LogP contribution >= 0.6 is 0 Å². The Morgan fingerprint density at radius 2 is 1.86 bits per heavy atom. The Bertz CT molecular complexity index is 893. The number of hydrogen-bond donors (Lipinski definition) is 1. The number of likely N-dealkylation sites (tertiary alicyclic amines) is 1. The first-order chi connectivity index (χ1) is 16.9. The maximum absolute atomic E-state index is 10.4. The molecule has 5 heteroatoms. The highest BCUT2D eigenvalue weighted by Crippen LogP contribution is 2.25. The number of allylic oxidation sites excluding steroid dienone is 1. The minimum Gasteiger partial charge on any atom is -0.494 e. The van der Waals surface area contributed by atoms with E-state index in [9.17, 15) is 4.79 Å². The predicted molar refractivity (Wildman–Crippen MR) is 147 cm³/mol. The predicted octanol–water partition coefficient (Wildman–Crippen LogP) is 6.03. The van der Waals surface area contributed by atoms with E-state index >= 15 is 0 Å². The first-order valence-corrected chi connectivity index (χ1v) is 12.6. The van der Waals surface area contributed by atoms with Gasteiger partial charge in [0, 0.05) is 24.4 Å². The molecule has 1 fully saturated rings. The lowest BCUT2D eigenvalue weighted by Gasteiger charge is -2.26. The van der Waals surface area contributed by atoms with E-state index in [0.29, 0.717) is 12.2 Å². The fourth-order valence-corrected chi connectivity index (χ4v) is 4.34. The Labute approximate surface area is 212 Å². The summed E-state index contributed by atoms with van der Waals surface area (Å²) in [6.07, 6.45) is 8.56. The highest BCUT2D eigenvalue weighted by atomic mass is 16.5. The lowest BCUT2D eigenvalue weighted by Crippen LogP contribution is -2.32. The van der Waals surface area contributed by atoms with Crippen molar-refractivity contribution in [1.82, 2.24) is 10.2 Å². The normalized spacial score (nSPS) is 16.2. The summed E-state index contributed by atoms with van der Waals surface area (Å²) in [5, 5.41) is 3.23. The smallest absolute Gasteiger partial charge is 0.150 e. The number of benzene rings is 2. The van der Waals surface area contributed by atoms with Crippen LogP contribution in [0.1, 0.15) is 68.4 Å². The van der Waals surface area contributed by atoms with Crippen molar-refractivity contribution in [2.45, 2.75) is 59.4 Å². The summed E-state index contributed by atoms with van der Waals surface area (Å²) in [7, 11) is 4.24. The van der Waals surface area contributed by atoms with Crippen molar-refractivity contribution in [2.24, 2.45) is 5.92 Å². The first-order valence-electron chi connectivity index (χ1n) is 12.6. The Hall–Kier alpha value is -2.92. The molecule has 2 atom stereocenters. The van der Waals surface area contributed by atoms with Gasteiger partial charge in [-0.3, -0.25) is 4.79 Å². The van der Waals surface area contributed by atoms with Crippen LogP contribution in [0.15, 0.2) is 54.6 Å². The molecular formula is C30H44N2O3. The molecular weight excluding hydrogens is 436 g/mol. The third-order valence-corrected chi connectivity index (χ3v) is 6.08. The number of nitrogens with one attached hydrogen (secondary N) is 1. The fraction of sp³-hybridized carbons (Fsp3) is 0.467. The van der Waals surface area contributed by atoms with Crippen LogP contribution in [0, 0.1) is 5.92 Å². The van der Waals surface area contributed by atoms with Gasteiger partial charge in [0.25, 0.3) is 0 Å². The van der Waals surface area contributed by atoms with E-state index in [2.05, 4.69) is 61.5 Å². The summed E-state index contributed by atoms with van der Waals surface area (Å²) in [5.74, 6) is 1.50. The van der Waals surface area contributed by atoms with E-state index in [1.165, 1.54) is 49.6 Å². The van der Waals surface area contributed by atoms with Gasteiger partial charge in [-0.25, -0.2) is 0 Å². The zero-order valence-electron chi connectivity index (χ0n) is 22.4. The Kier molecular flexibility index (Phi) is 15.1. The molecule has 192 valence electrons. The number of hydrogen-bond acceptors (Lipinski definition) is 5. The second kappa shape index (κ2) is 17.5. The summed E-state index contributed by atoms with van der Waals surface area (Å²) in [5.41, 5.74) is 4.57. The van der Waals surface area contributed by atoms with Crippen LogP contribution in [0.5, 0.6) is 5.75 Å². The molecule has 5 nitrogen and oxygen atoms in total. The Balaban J connectivity index is 0.000000347. The summed E-state index contributed by atoms with van der Waals surface area (Å²) < 4.78 is 5.34. The van der Waals surface area contributed by atoms with Crippen LogP contribution < -0.4 is 10.1 Å². The number of ether oxygens (including phenoxy) is 1. The topological polar surface area (TPSA) is 58.6 Å². The number of carbonyl (C=O) groups is 2. The van der Waals surface area contributed by atoms with Gasteiger partial charge in [0.15, 0.2) is 0 Å². The third-order valence-electron chi connectivity index (χ3n) is 6.08. The van der Waals surface area contributed by atoms with E-state index < -0.39 is 0 Å². The lowest BCUT2D eigenvalue weighted by atomic mass is 9.92. The molecule has 35 heavy (non-hydrogen) atoms. The molecule has 2 aromatic rings. The summed E-state index contributed by atoms with van der Waals surface area (Å²) in [6, 6.07) is 16.9. The van der Waals surface area contributed by atoms with E-state index in [1.807, 2.05) is 26.1 Å². The lowest BCUT2D eigenvalue weighted by molar-refractivity contribution is -0.106. The zero-order chi connectivity index (χ0) is 26.1. The van der Waals surface area contributed by atoms with Gasteiger partial charge in [-0.15, -0.1) is 0 Å². The van der Waals surface area contributed by atoms with Crippen molar-refractivity contribution in [1.29, 1.82) is 0 Å². The molecule has 0 saturated carbocycles. The summed E-state index contributed by atoms with van der Waals surface area (Å²) >= 11 is 0. The van der Waals surface area contributed by atoms with E-state index in [-0.39, 0.29) is 0 Å². The van der Waals surface area contributed by atoms with Crippen LogP contribution in [-0.2, 0) is 11.2 Å². The van der Waals surface area contributed by atoms with Crippen LogP contribution in [0.4, 0.5) is 0 Å². The average molecular weight is 481 g/mol. The molecule has 0 aromatic heterocycles. The van der Waals surface area contributed by atoms with Crippen molar-refractivity contribution >= 4 is 18.3 Å². The Morgan fingerprint density at radius 3 is 2.37 bits per heavy atom. The highest BCUT2D eigenvalue weighted by Gasteiger charge is 2.26. The number of nitrogens with zero attached hydrogens (tertiary/aromatic N) is 1. The molecule has 2 aromatic carbocycles. The molecule has 0 bridgehead atoms. The van der Waals surface area contributed by atoms with Gasteiger partial charge in [-0.2, -0.15) is 0 Å². The van der Waals surface area contributed by atoms with E-state index in [4.69, 9.17) is 9.53 Å². The van der Waals surface area contributed by atoms with Gasteiger partial charge < -0.3 is 19.7 Å². The number of aldehydes is 2. The van der Waals surface area contributed by atoms with Crippen molar-refractivity contribution in [3.63, 3.8) is 0 Å². The molecule has 0 radical (unpaired) electrons. The maximum Gasteiger partial charge on any atom is 0.150 e. The number of rotatable bonds is 9. The summed E-state index contributed by atoms with van der Waals surface area (Å²) in [4.78, 5) is 21.7. The molecule has 0 spiro atoms. The van der Waals surface area contributed by atoms with E-state index in [1.54, 1.807) is 12.1 Å². The molecule has 1 heterocycles. The minimum absolute atomic E-state index is 0.656. The molecule has 0 aliphatic carbocycles. The standard InChI is InChI=1S/C18H28N2.C10H12O2.C2H4O/c1-5-17(19-3)16-10-8-15(9-11-16)13-14(2)18-7-6-12-20(18)4;1-2-6-12-10-5-3-4-9(7-10)8-11;1-2-3/h5,8-11,14,18-19H,6-7,12-13H2,1-4H3;3-5,7-8H,2,6H2,1H3;2H,1H3/b17-5-;;.